The van der Waals surface area contributed by atoms with E-state index in [0.29, 0.717) is 25.6 Å². The molecule has 0 aliphatic carbocycles. The van der Waals surface area contributed by atoms with Gasteiger partial charge >= 0.3 is 0 Å². The summed E-state index contributed by atoms with van der Waals surface area (Å²) >= 11 is 0. The molecular weight excluding hydrogens is 250 g/mol. The number of rotatable bonds is 3. The molecule has 1 atom stereocenters. The van der Waals surface area contributed by atoms with Crippen LogP contribution in [0.1, 0.15) is 28.8 Å². The molecule has 104 valence electrons. The summed E-state index contributed by atoms with van der Waals surface area (Å²) in [7, 11) is 0. The van der Waals surface area contributed by atoms with E-state index in [1.807, 2.05) is 0 Å². The van der Waals surface area contributed by atoms with Crippen LogP contribution in [0, 0.1) is 24.5 Å². The molecule has 1 unspecified atom stereocenters. The van der Waals surface area contributed by atoms with Crippen LogP contribution in [0.3, 0.4) is 0 Å². The van der Waals surface area contributed by atoms with Crippen molar-refractivity contribution in [3.05, 3.63) is 34.9 Å². The van der Waals surface area contributed by atoms with Gasteiger partial charge in [0.1, 0.15) is 11.6 Å². The average molecular weight is 268 g/mol. The Kier molecular flexibility index (Phi) is 4.14. The van der Waals surface area contributed by atoms with Gasteiger partial charge in [0.2, 0.25) is 0 Å². The van der Waals surface area contributed by atoms with Gasteiger partial charge in [0.05, 0.1) is 5.56 Å². The highest BCUT2D eigenvalue weighted by Crippen LogP contribution is 2.23. The lowest BCUT2D eigenvalue weighted by Gasteiger charge is -2.17. The molecule has 0 aromatic heterocycles. The Morgan fingerprint density at radius 3 is 2.84 bits per heavy atom. The molecular formula is C14H18F2N2O. The van der Waals surface area contributed by atoms with Gasteiger partial charge in [-0.1, -0.05) is 0 Å². The quantitative estimate of drug-likeness (QED) is 0.912. The number of hydrogen-bond donors (Lipinski definition) is 1. The summed E-state index contributed by atoms with van der Waals surface area (Å²) < 4.78 is 26.9. The average Bonchev–Trinajstić information content (AvgIpc) is 2.82. The fourth-order valence-corrected chi connectivity index (χ4v) is 2.48. The highest BCUT2D eigenvalue weighted by molar-refractivity contribution is 5.94. The number of nitrogens with zero attached hydrogens (tertiary/aromatic N) is 1. The molecule has 0 radical (unpaired) electrons. The van der Waals surface area contributed by atoms with Crippen LogP contribution >= 0.6 is 0 Å². The van der Waals surface area contributed by atoms with Gasteiger partial charge in [-0.3, -0.25) is 4.79 Å². The van der Waals surface area contributed by atoms with Crippen molar-refractivity contribution in [2.75, 3.05) is 19.6 Å². The summed E-state index contributed by atoms with van der Waals surface area (Å²) in [5.41, 5.74) is 5.73. The summed E-state index contributed by atoms with van der Waals surface area (Å²) in [6.45, 7) is 3.33. The van der Waals surface area contributed by atoms with Gasteiger partial charge in [0.15, 0.2) is 0 Å². The van der Waals surface area contributed by atoms with Gasteiger partial charge in [-0.05, 0) is 43.9 Å². The molecule has 1 aliphatic rings. The maximum atomic E-state index is 13.7. The van der Waals surface area contributed by atoms with Gasteiger partial charge < -0.3 is 10.6 Å². The van der Waals surface area contributed by atoms with Crippen LogP contribution in [0.4, 0.5) is 8.78 Å². The van der Waals surface area contributed by atoms with Crippen LogP contribution in [0.25, 0.3) is 0 Å². The number of hydrogen-bond acceptors (Lipinski definition) is 2. The van der Waals surface area contributed by atoms with Crippen LogP contribution in [-0.2, 0) is 0 Å². The zero-order chi connectivity index (χ0) is 14.0. The van der Waals surface area contributed by atoms with Gasteiger partial charge in [0, 0.05) is 19.2 Å². The van der Waals surface area contributed by atoms with Gasteiger partial charge in [-0.2, -0.15) is 0 Å². The van der Waals surface area contributed by atoms with Crippen molar-refractivity contribution in [2.24, 2.45) is 11.7 Å². The Balaban J connectivity index is 2.15. The second-order valence-electron chi connectivity index (χ2n) is 5.06. The summed E-state index contributed by atoms with van der Waals surface area (Å²) in [5.74, 6) is -1.40. The molecule has 0 saturated carbocycles. The second-order valence-corrected chi connectivity index (χ2v) is 5.06. The van der Waals surface area contributed by atoms with Crippen LogP contribution in [0.5, 0.6) is 0 Å². The third-order valence-electron chi connectivity index (χ3n) is 3.63. The standard InChI is InChI=1S/C14H18F2N2O/c1-9-6-11(13(16)7-12(9)15)14(19)18-5-3-10(8-18)2-4-17/h6-7,10H,2-5,8,17H2,1H3. The predicted octanol–water partition coefficient (Wildman–Crippen LogP) is 2.08. The minimum absolute atomic E-state index is 0.0488. The van der Waals surface area contributed by atoms with Gasteiger partial charge in [0.25, 0.3) is 5.91 Å². The number of amides is 1. The third-order valence-corrected chi connectivity index (χ3v) is 3.63. The van der Waals surface area contributed by atoms with Crippen molar-refractivity contribution < 1.29 is 13.6 Å². The largest absolute Gasteiger partial charge is 0.338 e. The van der Waals surface area contributed by atoms with Crippen LogP contribution in [0.2, 0.25) is 0 Å². The number of likely N-dealkylation sites (tertiary alicyclic amines) is 1. The van der Waals surface area contributed by atoms with E-state index in [0.717, 1.165) is 18.9 Å². The van der Waals surface area contributed by atoms with E-state index < -0.39 is 11.6 Å². The molecule has 1 amide bonds. The lowest BCUT2D eigenvalue weighted by molar-refractivity contribution is 0.0782. The Labute approximate surface area is 111 Å². The molecule has 1 aliphatic heterocycles. The molecule has 2 rings (SSSR count). The van der Waals surface area contributed by atoms with E-state index >= 15 is 0 Å². The summed E-state index contributed by atoms with van der Waals surface area (Å²) in [6, 6.07) is 2.05. The summed E-state index contributed by atoms with van der Waals surface area (Å²) in [4.78, 5) is 13.8. The molecule has 1 heterocycles. The molecule has 1 aromatic carbocycles. The lowest BCUT2D eigenvalue weighted by atomic mass is 10.1. The molecule has 2 N–H and O–H groups in total. The molecule has 3 nitrogen and oxygen atoms in total. The summed E-state index contributed by atoms with van der Waals surface area (Å²) in [6.07, 6.45) is 1.76. The highest BCUT2D eigenvalue weighted by Gasteiger charge is 2.28. The Bertz CT molecular complexity index is 491. The molecule has 1 fully saturated rings. The van der Waals surface area contributed by atoms with E-state index in [-0.39, 0.29) is 17.0 Å². The van der Waals surface area contributed by atoms with Gasteiger partial charge in [-0.15, -0.1) is 0 Å². The molecule has 1 saturated heterocycles. The molecule has 0 bridgehead atoms. The van der Waals surface area contributed by atoms with Gasteiger partial charge in [-0.25, -0.2) is 8.78 Å². The zero-order valence-electron chi connectivity index (χ0n) is 11.0. The van der Waals surface area contributed by atoms with E-state index in [1.54, 1.807) is 4.90 Å². The fourth-order valence-electron chi connectivity index (χ4n) is 2.48. The summed E-state index contributed by atoms with van der Waals surface area (Å²) in [5, 5.41) is 0. The first-order chi connectivity index (χ1) is 9.02. The normalized spacial score (nSPS) is 18.9. The van der Waals surface area contributed by atoms with Crippen molar-refractivity contribution in [3.8, 4) is 0 Å². The van der Waals surface area contributed by atoms with Crippen molar-refractivity contribution in [3.63, 3.8) is 0 Å². The Hall–Kier alpha value is -1.49. The fraction of sp³-hybridized carbons (Fsp3) is 0.500. The third kappa shape index (κ3) is 2.92. The minimum Gasteiger partial charge on any atom is -0.338 e. The second kappa shape index (κ2) is 5.65. The first-order valence-corrected chi connectivity index (χ1v) is 6.48. The van der Waals surface area contributed by atoms with Crippen LogP contribution in [0.15, 0.2) is 12.1 Å². The molecule has 19 heavy (non-hydrogen) atoms. The zero-order valence-corrected chi connectivity index (χ0v) is 11.0. The number of aryl methyl sites for hydroxylation is 1. The van der Waals surface area contributed by atoms with E-state index in [1.165, 1.54) is 13.0 Å². The minimum atomic E-state index is -0.796. The lowest BCUT2D eigenvalue weighted by Crippen LogP contribution is -2.29. The number of benzene rings is 1. The maximum absolute atomic E-state index is 13.7. The number of carbonyl (C=O) groups excluding carboxylic acids is 1. The predicted molar refractivity (Wildman–Crippen MR) is 68.8 cm³/mol. The van der Waals surface area contributed by atoms with Crippen molar-refractivity contribution >= 4 is 5.91 Å². The monoisotopic (exact) mass is 268 g/mol. The molecule has 1 aromatic rings. The highest BCUT2D eigenvalue weighted by atomic mass is 19.1. The molecule has 0 spiro atoms. The number of halogens is 2. The van der Waals surface area contributed by atoms with E-state index in [4.69, 9.17) is 5.73 Å². The Morgan fingerprint density at radius 2 is 2.16 bits per heavy atom. The number of carbonyl (C=O) groups is 1. The number of nitrogens with two attached hydrogens (primary N) is 1. The smallest absolute Gasteiger partial charge is 0.256 e. The van der Waals surface area contributed by atoms with E-state index in [9.17, 15) is 13.6 Å². The van der Waals surface area contributed by atoms with Crippen LogP contribution < -0.4 is 5.73 Å². The maximum Gasteiger partial charge on any atom is 0.256 e. The van der Waals surface area contributed by atoms with Crippen molar-refractivity contribution in [2.45, 2.75) is 19.8 Å². The first kappa shape index (κ1) is 13.9. The van der Waals surface area contributed by atoms with Crippen molar-refractivity contribution in [1.29, 1.82) is 0 Å². The first-order valence-electron chi connectivity index (χ1n) is 6.48. The SMILES string of the molecule is Cc1cc(C(=O)N2CCC(CCN)C2)c(F)cc1F. The topological polar surface area (TPSA) is 46.3 Å². The van der Waals surface area contributed by atoms with Crippen molar-refractivity contribution in [1.82, 2.24) is 4.90 Å². The molecule has 5 heteroatoms. The van der Waals surface area contributed by atoms with Crippen LogP contribution in [-0.4, -0.2) is 30.4 Å². The van der Waals surface area contributed by atoms with E-state index in [2.05, 4.69) is 0 Å². The Morgan fingerprint density at radius 1 is 1.42 bits per heavy atom.